The van der Waals surface area contributed by atoms with Gasteiger partial charge in [-0.25, -0.2) is 15.0 Å². The zero-order valence-corrected chi connectivity index (χ0v) is 17.6. The van der Waals surface area contributed by atoms with Crippen LogP contribution in [0.5, 0.6) is 0 Å². The summed E-state index contributed by atoms with van der Waals surface area (Å²) in [6.07, 6.45) is -1.93. The van der Waals surface area contributed by atoms with Gasteiger partial charge in [0.15, 0.2) is 0 Å². The number of hydrogen-bond acceptors (Lipinski definition) is 6. The number of fused-ring (bicyclic) bond motifs is 1. The van der Waals surface area contributed by atoms with E-state index in [0.717, 1.165) is 53.4 Å². The first-order chi connectivity index (χ1) is 16.0. The zero-order valence-electron chi connectivity index (χ0n) is 17.6. The minimum Gasteiger partial charge on any atom is -0.368 e. The number of halogens is 3. The number of nitrogens with one attached hydrogen (secondary N) is 1. The Kier molecular flexibility index (Phi) is 5.45. The Balaban J connectivity index is 1.22. The van der Waals surface area contributed by atoms with Crippen molar-refractivity contribution in [1.82, 2.24) is 15.0 Å². The van der Waals surface area contributed by atoms with Gasteiger partial charge in [0, 0.05) is 49.1 Å². The minimum absolute atomic E-state index is 0.569. The van der Waals surface area contributed by atoms with Crippen LogP contribution < -0.4 is 15.1 Å². The van der Waals surface area contributed by atoms with E-state index in [0.29, 0.717) is 18.9 Å². The largest absolute Gasteiger partial charge is 0.417 e. The maximum Gasteiger partial charge on any atom is 0.417 e. The van der Waals surface area contributed by atoms with E-state index in [2.05, 4.69) is 37.3 Å². The van der Waals surface area contributed by atoms with Crippen molar-refractivity contribution in [2.24, 2.45) is 0 Å². The standard InChI is InChI=1S/C24H21F3N6/c25-24(26,27)17-5-10-22(28-15-17)33-13-11-32(12-14-33)19-8-6-18(7-9-19)31-23-20-3-1-2-4-21(20)29-16-30-23/h1-10,15-16H,11-14H2,(H,29,30,31). The molecule has 0 unspecified atom stereocenters. The topological polar surface area (TPSA) is 57.2 Å². The average molecular weight is 450 g/mol. The van der Waals surface area contributed by atoms with Crippen molar-refractivity contribution in [2.45, 2.75) is 6.18 Å². The molecule has 1 fully saturated rings. The minimum atomic E-state index is -4.37. The molecule has 9 heteroatoms. The summed E-state index contributed by atoms with van der Waals surface area (Å²) in [7, 11) is 0. The van der Waals surface area contributed by atoms with Gasteiger partial charge in [0.05, 0.1) is 11.1 Å². The molecule has 0 spiro atoms. The molecular formula is C24H21F3N6. The summed E-state index contributed by atoms with van der Waals surface area (Å²) in [5, 5.41) is 4.31. The van der Waals surface area contributed by atoms with E-state index in [-0.39, 0.29) is 0 Å². The van der Waals surface area contributed by atoms with Crippen molar-refractivity contribution >= 4 is 33.9 Å². The number of anilines is 4. The number of nitrogens with zero attached hydrogens (tertiary/aromatic N) is 5. The van der Waals surface area contributed by atoms with E-state index < -0.39 is 11.7 Å². The number of rotatable bonds is 4. The molecule has 1 aliphatic rings. The molecule has 5 rings (SSSR count). The summed E-state index contributed by atoms with van der Waals surface area (Å²) < 4.78 is 38.2. The first-order valence-corrected chi connectivity index (χ1v) is 10.6. The number of para-hydroxylation sites is 1. The summed E-state index contributed by atoms with van der Waals surface area (Å²) in [6.45, 7) is 2.88. The summed E-state index contributed by atoms with van der Waals surface area (Å²) in [6, 6.07) is 18.5. The summed E-state index contributed by atoms with van der Waals surface area (Å²) >= 11 is 0. The molecule has 0 aliphatic carbocycles. The van der Waals surface area contributed by atoms with Crippen LogP contribution in [-0.2, 0) is 6.18 Å². The number of benzene rings is 2. The second-order valence-corrected chi connectivity index (χ2v) is 7.79. The fourth-order valence-corrected chi connectivity index (χ4v) is 3.93. The van der Waals surface area contributed by atoms with Crippen LogP contribution in [0, 0.1) is 0 Å². The van der Waals surface area contributed by atoms with Crippen LogP contribution in [0.3, 0.4) is 0 Å². The maximum absolute atomic E-state index is 12.7. The van der Waals surface area contributed by atoms with E-state index in [4.69, 9.17) is 0 Å². The first kappa shape index (κ1) is 21.0. The molecule has 6 nitrogen and oxygen atoms in total. The lowest BCUT2D eigenvalue weighted by atomic mass is 10.2. The lowest BCUT2D eigenvalue weighted by Crippen LogP contribution is -2.46. The lowest BCUT2D eigenvalue weighted by Gasteiger charge is -2.36. The second kappa shape index (κ2) is 8.57. The Morgan fingerprint density at radius 1 is 0.758 bits per heavy atom. The monoisotopic (exact) mass is 450 g/mol. The Morgan fingerprint density at radius 2 is 1.48 bits per heavy atom. The molecule has 168 valence electrons. The third-order valence-electron chi connectivity index (χ3n) is 5.72. The Morgan fingerprint density at radius 3 is 2.18 bits per heavy atom. The molecule has 0 saturated carbocycles. The van der Waals surface area contributed by atoms with Crippen LogP contribution in [0.25, 0.3) is 10.9 Å². The van der Waals surface area contributed by atoms with E-state index >= 15 is 0 Å². The highest BCUT2D eigenvalue weighted by molar-refractivity contribution is 5.90. The van der Waals surface area contributed by atoms with Gasteiger partial charge in [-0.2, -0.15) is 13.2 Å². The molecular weight excluding hydrogens is 429 g/mol. The van der Waals surface area contributed by atoms with Gasteiger partial charge in [0.1, 0.15) is 18.0 Å². The third kappa shape index (κ3) is 4.52. The third-order valence-corrected chi connectivity index (χ3v) is 5.72. The van der Waals surface area contributed by atoms with Crippen LogP contribution in [-0.4, -0.2) is 41.1 Å². The quantitative estimate of drug-likeness (QED) is 0.466. The van der Waals surface area contributed by atoms with Gasteiger partial charge < -0.3 is 15.1 Å². The van der Waals surface area contributed by atoms with Gasteiger partial charge in [-0.1, -0.05) is 12.1 Å². The van der Waals surface area contributed by atoms with Gasteiger partial charge in [-0.3, -0.25) is 0 Å². The Bertz CT molecular complexity index is 1230. The maximum atomic E-state index is 12.7. The number of hydrogen-bond donors (Lipinski definition) is 1. The normalized spacial score (nSPS) is 14.5. The van der Waals surface area contributed by atoms with E-state index in [9.17, 15) is 13.2 Å². The molecule has 0 radical (unpaired) electrons. The number of alkyl halides is 3. The molecule has 3 heterocycles. The summed E-state index contributed by atoms with van der Waals surface area (Å²) in [5.74, 6) is 1.32. The van der Waals surface area contributed by atoms with Crippen molar-refractivity contribution in [3.63, 3.8) is 0 Å². The fraction of sp³-hybridized carbons (Fsp3) is 0.208. The first-order valence-electron chi connectivity index (χ1n) is 10.6. The predicted octanol–water partition coefficient (Wildman–Crippen LogP) is 5.11. The van der Waals surface area contributed by atoms with Crippen molar-refractivity contribution in [2.75, 3.05) is 41.3 Å². The van der Waals surface area contributed by atoms with Crippen molar-refractivity contribution in [3.05, 3.63) is 78.8 Å². The van der Waals surface area contributed by atoms with Crippen LogP contribution in [0.1, 0.15) is 5.56 Å². The number of piperazine rings is 1. The van der Waals surface area contributed by atoms with Crippen molar-refractivity contribution < 1.29 is 13.2 Å². The van der Waals surface area contributed by atoms with Crippen LogP contribution in [0.4, 0.5) is 36.2 Å². The Labute approximate surface area is 188 Å². The van der Waals surface area contributed by atoms with Gasteiger partial charge in [0.25, 0.3) is 0 Å². The molecule has 33 heavy (non-hydrogen) atoms. The molecule has 4 aromatic rings. The van der Waals surface area contributed by atoms with Gasteiger partial charge in [0.2, 0.25) is 0 Å². The smallest absolute Gasteiger partial charge is 0.368 e. The van der Waals surface area contributed by atoms with Crippen LogP contribution in [0.15, 0.2) is 73.2 Å². The molecule has 1 saturated heterocycles. The van der Waals surface area contributed by atoms with Crippen molar-refractivity contribution in [3.8, 4) is 0 Å². The SMILES string of the molecule is FC(F)(F)c1ccc(N2CCN(c3ccc(Nc4ncnc5ccccc45)cc3)CC2)nc1. The van der Waals surface area contributed by atoms with E-state index in [1.807, 2.05) is 41.3 Å². The van der Waals surface area contributed by atoms with Gasteiger partial charge in [-0.15, -0.1) is 0 Å². The molecule has 0 atom stereocenters. The molecule has 0 amide bonds. The highest BCUT2D eigenvalue weighted by atomic mass is 19.4. The fourth-order valence-electron chi connectivity index (χ4n) is 3.93. The van der Waals surface area contributed by atoms with Crippen LogP contribution in [0.2, 0.25) is 0 Å². The summed E-state index contributed by atoms with van der Waals surface area (Å²) in [4.78, 5) is 16.9. The lowest BCUT2D eigenvalue weighted by molar-refractivity contribution is -0.137. The average Bonchev–Trinajstić information content (AvgIpc) is 2.84. The second-order valence-electron chi connectivity index (χ2n) is 7.79. The molecule has 1 N–H and O–H groups in total. The zero-order chi connectivity index (χ0) is 22.8. The highest BCUT2D eigenvalue weighted by Crippen LogP contribution is 2.30. The van der Waals surface area contributed by atoms with E-state index in [1.54, 1.807) is 6.33 Å². The van der Waals surface area contributed by atoms with Crippen molar-refractivity contribution in [1.29, 1.82) is 0 Å². The van der Waals surface area contributed by atoms with E-state index in [1.165, 1.54) is 6.07 Å². The van der Waals surface area contributed by atoms with Gasteiger partial charge in [-0.05, 0) is 48.5 Å². The number of aromatic nitrogens is 3. The van der Waals surface area contributed by atoms with Gasteiger partial charge >= 0.3 is 6.18 Å². The molecule has 1 aliphatic heterocycles. The molecule has 2 aromatic carbocycles. The highest BCUT2D eigenvalue weighted by Gasteiger charge is 2.31. The predicted molar refractivity (Wildman–Crippen MR) is 123 cm³/mol. The molecule has 2 aromatic heterocycles. The Hall–Kier alpha value is -3.88. The summed E-state index contributed by atoms with van der Waals surface area (Å²) in [5.41, 5.74) is 2.17. The molecule has 0 bridgehead atoms. The van der Waals surface area contributed by atoms with Crippen LogP contribution >= 0.6 is 0 Å². The number of pyridine rings is 1.